The summed E-state index contributed by atoms with van der Waals surface area (Å²) in [5.74, 6) is 1.14. The van der Waals surface area contributed by atoms with Crippen LogP contribution in [0.1, 0.15) is 32.6 Å². The molecule has 0 spiro atoms. The van der Waals surface area contributed by atoms with E-state index >= 15 is 0 Å². The highest BCUT2D eigenvalue weighted by atomic mass is 32.2. The SMILES string of the molecule is CC1CCC(CC2(C3CCS(=O)(=O)C3)CNC2)O1. The number of hydrogen-bond acceptors (Lipinski definition) is 4. The lowest BCUT2D eigenvalue weighted by Crippen LogP contribution is -2.59. The highest BCUT2D eigenvalue weighted by Gasteiger charge is 2.49. The van der Waals surface area contributed by atoms with Crippen molar-refractivity contribution in [2.24, 2.45) is 11.3 Å². The van der Waals surface area contributed by atoms with Gasteiger partial charge in [-0.3, -0.25) is 0 Å². The number of hydrogen-bond donors (Lipinski definition) is 1. The Bertz CT molecular complexity index is 416. The molecule has 0 aliphatic carbocycles. The summed E-state index contributed by atoms with van der Waals surface area (Å²) < 4.78 is 29.3. The molecule has 4 nitrogen and oxygen atoms in total. The Hall–Kier alpha value is -0.130. The largest absolute Gasteiger partial charge is 0.375 e. The summed E-state index contributed by atoms with van der Waals surface area (Å²) in [6.45, 7) is 4.08. The maximum absolute atomic E-state index is 11.7. The van der Waals surface area contributed by atoms with Crippen LogP contribution >= 0.6 is 0 Å². The van der Waals surface area contributed by atoms with Gasteiger partial charge < -0.3 is 10.1 Å². The predicted molar refractivity (Wildman–Crippen MR) is 70.2 cm³/mol. The first kappa shape index (κ1) is 12.9. The fourth-order valence-corrected chi connectivity index (χ4v) is 5.76. The Kier molecular flexibility index (Phi) is 3.19. The maximum Gasteiger partial charge on any atom is 0.150 e. The summed E-state index contributed by atoms with van der Waals surface area (Å²) in [5.41, 5.74) is 0.193. The van der Waals surface area contributed by atoms with Crippen LogP contribution in [0.25, 0.3) is 0 Å². The Morgan fingerprint density at radius 3 is 2.50 bits per heavy atom. The van der Waals surface area contributed by atoms with Crippen LogP contribution in [-0.4, -0.2) is 45.2 Å². The third kappa shape index (κ3) is 2.32. The van der Waals surface area contributed by atoms with E-state index in [0.717, 1.165) is 38.8 Å². The highest BCUT2D eigenvalue weighted by molar-refractivity contribution is 7.91. The van der Waals surface area contributed by atoms with Gasteiger partial charge in [0.25, 0.3) is 0 Å². The predicted octanol–water partition coefficient (Wildman–Crippen LogP) is 0.968. The Morgan fingerprint density at radius 2 is 2.06 bits per heavy atom. The first-order chi connectivity index (χ1) is 8.49. The molecule has 0 aromatic carbocycles. The van der Waals surface area contributed by atoms with Gasteiger partial charge in [0.2, 0.25) is 0 Å². The van der Waals surface area contributed by atoms with Gasteiger partial charge >= 0.3 is 0 Å². The summed E-state index contributed by atoms with van der Waals surface area (Å²) in [4.78, 5) is 0. The molecule has 3 unspecified atom stereocenters. The Balaban J connectivity index is 1.67. The van der Waals surface area contributed by atoms with E-state index in [1.54, 1.807) is 0 Å². The summed E-state index contributed by atoms with van der Waals surface area (Å²) in [7, 11) is -2.77. The molecule has 0 radical (unpaired) electrons. The van der Waals surface area contributed by atoms with Crippen molar-refractivity contribution in [3.05, 3.63) is 0 Å². The van der Waals surface area contributed by atoms with Crippen molar-refractivity contribution >= 4 is 9.84 Å². The van der Waals surface area contributed by atoms with Gasteiger partial charge in [0.15, 0.2) is 9.84 Å². The summed E-state index contributed by atoms with van der Waals surface area (Å²) in [6, 6.07) is 0. The third-order valence-electron chi connectivity index (χ3n) is 5.01. The molecule has 0 amide bonds. The maximum atomic E-state index is 11.7. The van der Waals surface area contributed by atoms with E-state index in [-0.39, 0.29) is 5.41 Å². The van der Waals surface area contributed by atoms with E-state index in [1.165, 1.54) is 0 Å². The monoisotopic (exact) mass is 273 g/mol. The number of nitrogens with one attached hydrogen (secondary N) is 1. The molecule has 3 aliphatic heterocycles. The van der Waals surface area contributed by atoms with Crippen molar-refractivity contribution in [3.8, 4) is 0 Å². The number of sulfone groups is 1. The average molecular weight is 273 g/mol. The first-order valence-electron chi connectivity index (χ1n) is 7.06. The van der Waals surface area contributed by atoms with Gasteiger partial charge in [0.05, 0.1) is 23.7 Å². The zero-order chi connectivity index (χ0) is 12.8. The fourth-order valence-electron chi connectivity index (χ4n) is 3.81. The van der Waals surface area contributed by atoms with E-state index in [9.17, 15) is 8.42 Å². The minimum absolute atomic E-state index is 0.193. The zero-order valence-electron chi connectivity index (χ0n) is 11.0. The second kappa shape index (κ2) is 4.46. The fraction of sp³-hybridized carbons (Fsp3) is 1.00. The van der Waals surface area contributed by atoms with Crippen LogP contribution in [0.15, 0.2) is 0 Å². The van der Waals surface area contributed by atoms with Crippen molar-refractivity contribution in [2.75, 3.05) is 24.6 Å². The molecule has 3 heterocycles. The summed E-state index contributed by atoms with van der Waals surface area (Å²) in [5, 5.41) is 3.34. The molecular formula is C13H23NO3S. The van der Waals surface area contributed by atoms with Crippen LogP contribution < -0.4 is 5.32 Å². The van der Waals surface area contributed by atoms with Gasteiger partial charge in [-0.15, -0.1) is 0 Å². The molecule has 3 rings (SSSR count). The van der Waals surface area contributed by atoms with Gasteiger partial charge in [-0.05, 0) is 38.5 Å². The van der Waals surface area contributed by atoms with E-state index in [2.05, 4.69) is 12.2 Å². The van der Waals surface area contributed by atoms with Gasteiger partial charge in [0, 0.05) is 18.5 Å². The zero-order valence-corrected chi connectivity index (χ0v) is 11.8. The molecule has 18 heavy (non-hydrogen) atoms. The Morgan fingerprint density at radius 1 is 1.28 bits per heavy atom. The topological polar surface area (TPSA) is 55.4 Å². The van der Waals surface area contributed by atoms with Crippen LogP contribution in [0.4, 0.5) is 0 Å². The van der Waals surface area contributed by atoms with Gasteiger partial charge in [0.1, 0.15) is 0 Å². The lowest BCUT2D eigenvalue weighted by molar-refractivity contribution is -0.0158. The number of rotatable bonds is 3. The standard InChI is InChI=1S/C13H23NO3S/c1-10-2-3-12(17-10)6-13(8-14-9-13)11-4-5-18(15,16)7-11/h10-12,14H,2-9H2,1H3. The normalized spacial score (nSPS) is 41.7. The lowest BCUT2D eigenvalue weighted by atomic mass is 9.67. The molecule has 3 saturated heterocycles. The molecule has 3 aliphatic rings. The molecule has 104 valence electrons. The quantitative estimate of drug-likeness (QED) is 0.832. The van der Waals surface area contributed by atoms with Crippen LogP contribution in [0.2, 0.25) is 0 Å². The van der Waals surface area contributed by atoms with E-state index in [0.29, 0.717) is 29.6 Å². The average Bonchev–Trinajstić information content (AvgIpc) is 2.79. The minimum atomic E-state index is -2.77. The number of ether oxygens (including phenoxy) is 1. The van der Waals surface area contributed by atoms with E-state index in [4.69, 9.17) is 4.74 Å². The van der Waals surface area contributed by atoms with Gasteiger partial charge in [-0.1, -0.05) is 0 Å². The molecule has 0 bridgehead atoms. The van der Waals surface area contributed by atoms with Crippen LogP contribution in [0.3, 0.4) is 0 Å². The van der Waals surface area contributed by atoms with Gasteiger partial charge in [-0.25, -0.2) is 8.42 Å². The molecule has 0 aromatic rings. The van der Waals surface area contributed by atoms with E-state index < -0.39 is 9.84 Å². The van der Waals surface area contributed by atoms with Gasteiger partial charge in [-0.2, -0.15) is 0 Å². The Labute approximate surface area is 109 Å². The minimum Gasteiger partial charge on any atom is -0.375 e. The van der Waals surface area contributed by atoms with E-state index in [1.807, 2.05) is 0 Å². The molecule has 5 heteroatoms. The van der Waals surface area contributed by atoms with Crippen LogP contribution in [-0.2, 0) is 14.6 Å². The molecule has 0 saturated carbocycles. The van der Waals surface area contributed by atoms with Crippen molar-refractivity contribution < 1.29 is 13.2 Å². The van der Waals surface area contributed by atoms with Crippen molar-refractivity contribution in [2.45, 2.75) is 44.8 Å². The third-order valence-corrected chi connectivity index (χ3v) is 6.77. The van der Waals surface area contributed by atoms with Crippen LogP contribution in [0.5, 0.6) is 0 Å². The van der Waals surface area contributed by atoms with Crippen LogP contribution in [0, 0.1) is 11.3 Å². The summed E-state index contributed by atoms with van der Waals surface area (Å²) in [6.07, 6.45) is 4.92. The first-order valence-corrected chi connectivity index (χ1v) is 8.88. The molecular weight excluding hydrogens is 250 g/mol. The second-order valence-electron chi connectivity index (χ2n) is 6.42. The van der Waals surface area contributed by atoms with Crippen molar-refractivity contribution in [1.29, 1.82) is 0 Å². The molecule has 3 atom stereocenters. The smallest absolute Gasteiger partial charge is 0.150 e. The highest BCUT2D eigenvalue weighted by Crippen LogP contribution is 2.44. The van der Waals surface area contributed by atoms with Crippen molar-refractivity contribution in [1.82, 2.24) is 5.32 Å². The summed E-state index contributed by atoms with van der Waals surface area (Å²) >= 11 is 0. The molecule has 3 fully saturated rings. The molecule has 1 N–H and O–H groups in total. The van der Waals surface area contributed by atoms with Crippen molar-refractivity contribution in [3.63, 3.8) is 0 Å². The molecule has 0 aromatic heterocycles. The lowest BCUT2D eigenvalue weighted by Gasteiger charge is -2.48. The second-order valence-corrected chi connectivity index (χ2v) is 8.64.